The van der Waals surface area contributed by atoms with E-state index in [0.717, 1.165) is 17.7 Å². The van der Waals surface area contributed by atoms with Crippen molar-refractivity contribution in [3.05, 3.63) is 69.3 Å². The van der Waals surface area contributed by atoms with E-state index < -0.39 is 4.92 Å². The lowest BCUT2D eigenvalue weighted by molar-refractivity contribution is -0.385. The zero-order valence-electron chi connectivity index (χ0n) is 12.6. The highest BCUT2D eigenvalue weighted by atomic mass is 32.2. The summed E-state index contributed by atoms with van der Waals surface area (Å²) in [5.41, 5.74) is 2.10. The lowest BCUT2D eigenvalue weighted by atomic mass is 10.0. The van der Waals surface area contributed by atoms with Gasteiger partial charge in [0.05, 0.1) is 11.0 Å². The van der Waals surface area contributed by atoms with Crippen molar-refractivity contribution < 1.29 is 9.72 Å². The van der Waals surface area contributed by atoms with Crippen LogP contribution in [0.5, 0.6) is 0 Å². The number of rotatable bonds is 3. The monoisotopic (exact) mass is 328 g/mol. The molecule has 0 bridgehead atoms. The summed E-state index contributed by atoms with van der Waals surface area (Å²) < 4.78 is 0. The Morgan fingerprint density at radius 3 is 2.83 bits per heavy atom. The number of nitrogens with one attached hydrogen (secondary N) is 1. The summed E-state index contributed by atoms with van der Waals surface area (Å²) in [4.78, 5) is 24.1. The van der Waals surface area contributed by atoms with Crippen LogP contribution in [0.2, 0.25) is 0 Å². The van der Waals surface area contributed by atoms with Gasteiger partial charge in [0.15, 0.2) is 0 Å². The Hall–Kier alpha value is -2.34. The molecule has 1 heterocycles. The van der Waals surface area contributed by atoms with E-state index in [2.05, 4.69) is 11.4 Å². The van der Waals surface area contributed by atoms with Gasteiger partial charge in [-0.2, -0.15) is 0 Å². The van der Waals surface area contributed by atoms with Crippen LogP contribution < -0.4 is 5.32 Å². The average Bonchev–Trinajstić information content (AvgIpc) is 2.54. The Morgan fingerprint density at radius 2 is 2.09 bits per heavy atom. The molecule has 5 nitrogen and oxygen atoms in total. The molecule has 0 aromatic heterocycles. The molecule has 6 heteroatoms. The van der Waals surface area contributed by atoms with E-state index >= 15 is 0 Å². The van der Waals surface area contributed by atoms with Gasteiger partial charge in [0.2, 0.25) is 0 Å². The first-order chi connectivity index (χ1) is 11.1. The molecule has 1 amide bonds. The third-order valence-electron chi connectivity index (χ3n) is 3.92. The standard InChI is InChI=1S/C17H16N2O3S/c1-11-10-12(6-7-15(11)19(21)22)17(20)18-14-8-9-23-16-5-3-2-4-13(14)16/h2-7,10,14H,8-9H2,1H3,(H,18,20)/t14-/m0/s1. The maximum atomic E-state index is 12.5. The Balaban J connectivity index is 1.80. The minimum atomic E-state index is -0.439. The first-order valence-electron chi connectivity index (χ1n) is 7.34. The second-order valence-corrected chi connectivity index (χ2v) is 6.60. The maximum absolute atomic E-state index is 12.5. The predicted molar refractivity (Wildman–Crippen MR) is 89.8 cm³/mol. The van der Waals surface area contributed by atoms with Crippen molar-refractivity contribution in [2.24, 2.45) is 0 Å². The molecule has 118 valence electrons. The van der Waals surface area contributed by atoms with E-state index in [1.54, 1.807) is 24.8 Å². The molecule has 0 unspecified atom stereocenters. The number of carbonyl (C=O) groups excluding carboxylic acids is 1. The first kappa shape index (κ1) is 15.6. The van der Waals surface area contributed by atoms with E-state index in [1.807, 2.05) is 18.2 Å². The normalized spacial score (nSPS) is 16.5. The molecule has 0 saturated carbocycles. The minimum Gasteiger partial charge on any atom is -0.345 e. The van der Waals surface area contributed by atoms with Gasteiger partial charge in [0, 0.05) is 27.8 Å². The number of hydrogen-bond acceptors (Lipinski definition) is 4. The van der Waals surface area contributed by atoms with Crippen LogP contribution in [0, 0.1) is 17.0 Å². The van der Waals surface area contributed by atoms with Gasteiger partial charge in [-0.05, 0) is 37.1 Å². The molecule has 1 N–H and O–H groups in total. The van der Waals surface area contributed by atoms with E-state index in [-0.39, 0.29) is 17.6 Å². The zero-order chi connectivity index (χ0) is 16.4. The molecule has 0 spiro atoms. The Bertz CT molecular complexity index is 776. The van der Waals surface area contributed by atoms with Crippen molar-refractivity contribution in [2.75, 3.05) is 5.75 Å². The Labute approximate surface area is 138 Å². The summed E-state index contributed by atoms with van der Waals surface area (Å²) in [5, 5.41) is 13.9. The molecular formula is C17H16N2O3S. The molecule has 1 aliphatic rings. The van der Waals surface area contributed by atoms with E-state index in [0.29, 0.717) is 11.1 Å². The summed E-state index contributed by atoms with van der Waals surface area (Å²) in [6, 6.07) is 12.5. The quantitative estimate of drug-likeness (QED) is 0.686. The van der Waals surface area contributed by atoms with E-state index in [9.17, 15) is 14.9 Å². The van der Waals surface area contributed by atoms with Crippen LogP contribution in [-0.2, 0) is 0 Å². The molecule has 0 aliphatic carbocycles. The highest BCUT2D eigenvalue weighted by molar-refractivity contribution is 7.99. The van der Waals surface area contributed by atoms with Crippen LogP contribution in [0.25, 0.3) is 0 Å². The zero-order valence-corrected chi connectivity index (χ0v) is 13.4. The summed E-state index contributed by atoms with van der Waals surface area (Å²) >= 11 is 1.80. The van der Waals surface area contributed by atoms with Gasteiger partial charge in [-0.3, -0.25) is 14.9 Å². The Morgan fingerprint density at radius 1 is 1.30 bits per heavy atom. The van der Waals surface area contributed by atoms with Gasteiger partial charge in [-0.25, -0.2) is 0 Å². The number of fused-ring (bicyclic) bond motifs is 1. The molecule has 2 aromatic rings. The number of nitro benzene ring substituents is 1. The maximum Gasteiger partial charge on any atom is 0.272 e. The van der Waals surface area contributed by atoms with Crippen LogP contribution in [-0.4, -0.2) is 16.6 Å². The third kappa shape index (κ3) is 3.22. The fraction of sp³-hybridized carbons (Fsp3) is 0.235. The third-order valence-corrected chi connectivity index (χ3v) is 5.04. The average molecular weight is 328 g/mol. The van der Waals surface area contributed by atoms with Crippen molar-refractivity contribution in [1.82, 2.24) is 5.32 Å². The van der Waals surface area contributed by atoms with Gasteiger partial charge in [-0.15, -0.1) is 11.8 Å². The highest BCUT2D eigenvalue weighted by Gasteiger charge is 2.23. The van der Waals surface area contributed by atoms with Gasteiger partial charge in [0.1, 0.15) is 0 Å². The molecule has 1 aliphatic heterocycles. The number of amides is 1. The van der Waals surface area contributed by atoms with Crippen LogP contribution in [0.4, 0.5) is 5.69 Å². The fourth-order valence-corrected chi connectivity index (χ4v) is 3.86. The number of benzene rings is 2. The van der Waals surface area contributed by atoms with Crippen molar-refractivity contribution in [3.8, 4) is 0 Å². The minimum absolute atomic E-state index is 0.0181. The summed E-state index contributed by atoms with van der Waals surface area (Å²) in [6.07, 6.45) is 0.874. The van der Waals surface area contributed by atoms with E-state index in [4.69, 9.17) is 0 Å². The predicted octanol–water partition coefficient (Wildman–Crippen LogP) is 3.87. The van der Waals surface area contributed by atoms with Crippen molar-refractivity contribution in [3.63, 3.8) is 0 Å². The number of thioether (sulfide) groups is 1. The second-order valence-electron chi connectivity index (χ2n) is 5.46. The van der Waals surface area contributed by atoms with Crippen LogP contribution in [0.15, 0.2) is 47.4 Å². The SMILES string of the molecule is Cc1cc(C(=O)N[C@H]2CCSc3ccccc32)ccc1[N+](=O)[O-]. The highest BCUT2D eigenvalue weighted by Crippen LogP contribution is 2.36. The molecule has 1 atom stereocenters. The van der Waals surface area contributed by atoms with Gasteiger partial charge < -0.3 is 5.32 Å². The van der Waals surface area contributed by atoms with Crippen molar-refractivity contribution in [2.45, 2.75) is 24.3 Å². The smallest absolute Gasteiger partial charge is 0.272 e. The largest absolute Gasteiger partial charge is 0.345 e. The molecule has 0 fully saturated rings. The first-order valence-corrected chi connectivity index (χ1v) is 8.32. The van der Waals surface area contributed by atoms with Crippen molar-refractivity contribution in [1.29, 1.82) is 0 Å². The summed E-state index contributed by atoms with van der Waals surface area (Å²) in [5.74, 6) is 0.760. The molecule has 3 rings (SSSR count). The molecular weight excluding hydrogens is 312 g/mol. The molecule has 23 heavy (non-hydrogen) atoms. The van der Waals surface area contributed by atoms with Crippen LogP contribution in [0.1, 0.15) is 33.9 Å². The van der Waals surface area contributed by atoms with Crippen molar-refractivity contribution >= 4 is 23.4 Å². The lowest BCUT2D eigenvalue weighted by Gasteiger charge is -2.25. The second kappa shape index (κ2) is 6.42. The Kier molecular flexibility index (Phi) is 4.34. The number of nitrogens with zero attached hydrogens (tertiary/aromatic N) is 1. The summed E-state index contributed by atoms with van der Waals surface area (Å²) in [6.45, 7) is 1.64. The number of hydrogen-bond donors (Lipinski definition) is 1. The van der Waals surface area contributed by atoms with Gasteiger partial charge in [-0.1, -0.05) is 18.2 Å². The summed E-state index contributed by atoms with van der Waals surface area (Å²) in [7, 11) is 0. The molecule has 0 saturated heterocycles. The topological polar surface area (TPSA) is 72.2 Å². The molecule has 0 radical (unpaired) electrons. The fourth-order valence-electron chi connectivity index (χ4n) is 2.74. The van der Waals surface area contributed by atoms with Crippen LogP contribution in [0.3, 0.4) is 0 Å². The van der Waals surface area contributed by atoms with Crippen LogP contribution >= 0.6 is 11.8 Å². The molecule has 2 aromatic carbocycles. The van der Waals surface area contributed by atoms with Gasteiger partial charge >= 0.3 is 0 Å². The number of aryl methyl sites for hydroxylation is 1. The lowest BCUT2D eigenvalue weighted by Crippen LogP contribution is -2.30. The van der Waals surface area contributed by atoms with Gasteiger partial charge in [0.25, 0.3) is 11.6 Å². The number of nitro groups is 1. The number of carbonyl (C=O) groups is 1. The van der Waals surface area contributed by atoms with E-state index in [1.165, 1.54) is 17.0 Å².